The normalized spacial score (nSPS) is 12.3. The molecule has 106 valence electrons. The number of nitrogens with one attached hydrogen (secondary N) is 1. The molecule has 1 aromatic heterocycles. The van der Waals surface area contributed by atoms with Crippen molar-refractivity contribution in [2.24, 2.45) is 0 Å². The molecule has 0 fully saturated rings. The summed E-state index contributed by atoms with van der Waals surface area (Å²) in [7, 11) is 1.56. The van der Waals surface area contributed by atoms with Crippen molar-refractivity contribution in [2.75, 3.05) is 19.0 Å². The summed E-state index contributed by atoms with van der Waals surface area (Å²) in [5, 5.41) is 14.0. The molecule has 1 N–H and O–H groups in total. The molecule has 0 spiro atoms. The SMILES string of the molecule is COCC(C)Nc1ncnc(OC(C)C)c1[N+](=O)[O-]. The zero-order chi connectivity index (χ0) is 14.4. The first-order valence-electron chi connectivity index (χ1n) is 5.87. The summed E-state index contributed by atoms with van der Waals surface area (Å²) in [5.74, 6) is 0.0855. The maximum Gasteiger partial charge on any atom is 0.372 e. The molecule has 1 unspecified atom stereocenters. The van der Waals surface area contributed by atoms with Gasteiger partial charge in [0.05, 0.1) is 17.6 Å². The van der Waals surface area contributed by atoms with Crippen molar-refractivity contribution in [2.45, 2.75) is 32.9 Å². The zero-order valence-electron chi connectivity index (χ0n) is 11.4. The average Bonchev–Trinajstić information content (AvgIpc) is 2.27. The van der Waals surface area contributed by atoms with Crippen molar-refractivity contribution in [1.82, 2.24) is 9.97 Å². The number of nitrogens with zero attached hydrogens (tertiary/aromatic N) is 3. The number of hydrogen-bond donors (Lipinski definition) is 1. The van der Waals surface area contributed by atoms with Crippen LogP contribution in [0.3, 0.4) is 0 Å². The lowest BCUT2D eigenvalue weighted by Crippen LogP contribution is -2.22. The second-order valence-electron chi connectivity index (χ2n) is 4.30. The van der Waals surface area contributed by atoms with E-state index in [2.05, 4.69) is 15.3 Å². The van der Waals surface area contributed by atoms with E-state index in [0.29, 0.717) is 6.61 Å². The summed E-state index contributed by atoms with van der Waals surface area (Å²) in [6.45, 7) is 5.78. The fraction of sp³-hybridized carbons (Fsp3) is 0.636. The number of methoxy groups -OCH3 is 1. The van der Waals surface area contributed by atoms with Gasteiger partial charge in [-0.25, -0.2) is 4.98 Å². The Kier molecular flexibility index (Phi) is 5.43. The molecule has 1 rings (SSSR count). The highest BCUT2D eigenvalue weighted by molar-refractivity contribution is 5.61. The third kappa shape index (κ3) is 4.32. The lowest BCUT2D eigenvalue weighted by molar-refractivity contribution is -0.385. The van der Waals surface area contributed by atoms with Crippen LogP contribution >= 0.6 is 0 Å². The topological polar surface area (TPSA) is 99.4 Å². The van der Waals surface area contributed by atoms with Crippen molar-refractivity contribution in [3.8, 4) is 5.88 Å². The molecule has 0 saturated heterocycles. The van der Waals surface area contributed by atoms with Crippen LogP contribution in [0.1, 0.15) is 20.8 Å². The molecule has 0 amide bonds. The third-order valence-electron chi connectivity index (χ3n) is 2.12. The molecule has 1 aromatic rings. The quantitative estimate of drug-likeness (QED) is 0.593. The summed E-state index contributed by atoms with van der Waals surface area (Å²) >= 11 is 0. The molecule has 1 heterocycles. The predicted octanol–water partition coefficient (Wildman–Crippen LogP) is 1.62. The Balaban J connectivity index is 3.06. The first-order chi connectivity index (χ1) is 8.95. The van der Waals surface area contributed by atoms with Gasteiger partial charge in [0.1, 0.15) is 6.33 Å². The van der Waals surface area contributed by atoms with Crippen LogP contribution in [0.5, 0.6) is 5.88 Å². The van der Waals surface area contributed by atoms with E-state index in [1.807, 2.05) is 6.92 Å². The van der Waals surface area contributed by atoms with Crippen LogP contribution in [0.15, 0.2) is 6.33 Å². The molecular weight excluding hydrogens is 252 g/mol. The number of hydrogen-bond acceptors (Lipinski definition) is 7. The molecule has 0 radical (unpaired) electrons. The van der Waals surface area contributed by atoms with Gasteiger partial charge >= 0.3 is 5.69 Å². The molecule has 8 nitrogen and oxygen atoms in total. The monoisotopic (exact) mass is 270 g/mol. The van der Waals surface area contributed by atoms with Crippen LogP contribution in [0.25, 0.3) is 0 Å². The molecular formula is C11H18N4O4. The second-order valence-corrected chi connectivity index (χ2v) is 4.30. The maximum atomic E-state index is 11.1. The van der Waals surface area contributed by atoms with Crippen LogP contribution in [-0.2, 0) is 4.74 Å². The summed E-state index contributed by atoms with van der Waals surface area (Å²) in [6.07, 6.45) is 1.02. The minimum Gasteiger partial charge on any atom is -0.470 e. The Bertz CT molecular complexity index is 439. The minimum atomic E-state index is -0.556. The zero-order valence-corrected chi connectivity index (χ0v) is 11.4. The van der Waals surface area contributed by atoms with E-state index in [9.17, 15) is 10.1 Å². The fourth-order valence-corrected chi connectivity index (χ4v) is 1.47. The summed E-state index contributed by atoms with van der Waals surface area (Å²) in [6, 6.07) is -0.120. The van der Waals surface area contributed by atoms with Gasteiger partial charge in [-0.05, 0) is 20.8 Å². The maximum absolute atomic E-state index is 11.1. The van der Waals surface area contributed by atoms with Crippen LogP contribution in [-0.4, -0.2) is 40.8 Å². The van der Waals surface area contributed by atoms with Gasteiger partial charge in [0.15, 0.2) is 0 Å². The molecule has 8 heteroatoms. The molecule has 0 bridgehead atoms. The Morgan fingerprint density at radius 3 is 2.63 bits per heavy atom. The first-order valence-corrected chi connectivity index (χ1v) is 5.87. The van der Waals surface area contributed by atoms with Crippen molar-refractivity contribution in [3.05, 3.63) is 16.4 Å². The van der Waals surface area contributed by atoms with Gasteiger partial charge in [-0.1, -0.05) is 0 Å². The fourth-order valence-electron chi connectivity index (χ4n) is 1.47. The number of rotatable bonds is 7. The van der Waals surface area contributed by atoms with Gasteiger partial charge in [-0.2, -0.15) is 4.98 Å². The van der Waals surface area contributed by atoms with E-state index in [1.165, 1.54) is 6.33 Å². The van der Waals surface area contributed by atoms with E-state index >= 15 is 0 Å². The highest BCUT2D eigenvalue weighted by Crippen LogP contribution is 2.31. The Hall–Kier alpha value is -1.96. The molecule has 1 atom stereocenters. The van der Waals surface area contributed by atoms with Crippen molar-refractivity contribution in [3.63, 3.8) is 0 Å². The van der Waals surface area contributed by atoms with Gasteiger partial charge < -0.3 is 14.8 Å². The van der Waals surface area contributed by atoms with Crippen molar-refractivity contribution in [1.29, 1.82) is 0 Å². The standard InChI is InChI=1S/C11H18N4O4/c1-7(2)19-11-9(15(16)17)10(12-6-13-11)14-8(3)5-18-4/h6-8H,5H2,1-4H3,(H,12,13,14). The highest BCUT2D eigenvalue weighted by Gasteiger charge is 2.25. The van der Waals surface area contributed by atoms with Gasteiger partial charge in [0.25, 0.3) is 5.88 Å². The highest BCUT2D eigenvalue weighted by atomic mass is 16.6. The third-order valence-corrected chi connectivity index (χ3v) is 2.12. The summed E-state index contributed by atoms with van der Waals surface area (Å²) < 4.78 is 10.3. The van der Waals surface area contributed by atoms with Gasteiger partial charge in [-0.15, -0.1) is 0 Å². The number of nitro groups is 1. The Labute approximate surface area is 111 Å². The number of aromatic nitrogens is 2. The summed E-state index contributed by atoms with van der Waals surface area (Å²) in [5.41, 5.74) is -0.265. The van der Waals surface area contributed by atoms with Crippen LogP contribution in [0.2, 0.25) is 0 Å². The number of anilines is 1. The molecule has 0 aliphatic heterocycles. The molecule has 0 aliphatic carbocycles. The average molecular weight is 270 g/mol. The van der Waals surface area contributed by atoms with Crippen LogP contribution < -0.4 is 10.1 Å². The van der Waals surface area contributed by atoms with E-state index < -0.39 is 4.92 Å². The largest absolute Gasteiger partial charge is 0.470 e. The van der Waals surface area contributed by atoms with E-state index in [-0.39, 0.29) is 29.5 Å². The Morgan fingerprint density at radius 1 is 1.42 bits per heavy atom. The van der Waals surface area contributed by atoms with Gasteiger partial charge in [0.2, 0.25) is 5.82 Å². The number of ether oxygens (including phenoxy) is 2. The molecule has 0 saturated carbocycles. The minimum absolute atomic E-state index is 0.0397. The Morgan fingerprint density at radius 2 is 2.11 bits per heavy atom. The smallest absolute Gasteiger partial charge is 0.372 e. The second kappa shape index (κ2) is 6.83. The van der Waals surface area contributed by atoms with Crippen molar-refractivity contribution >= 4 is 11.5 Å². The lowest BCUT2D eigenvalue weighted by atomic mass is 10.3. The van der Waals surface area contributed by atoms with Gasteiger partial charge in [-0.3, -0.25) is 10.1 Å². The van der Waals surface area contributed by atoms with Crippen LogP contribution in [0, 0.1) is 10.1 Å². The predicted molar refractivity (Wildman–Crippen MR) is 69.4 cm³/mol. The van der Waals surface area contributed by atoms with Crippen molar-refractivity contribution < 1.29 is 14.4 Å². The molecule has 0 aliphatic rings. The lowest BCUT2D eigenvalue weighted by Gasteiger charge is -2.15. The molecule has 0 aromatic carbocycles. The van der Waals surface area contributed by atoms with E-state index in [4.69, 9.17) is 9.47 Å². The first kappa shape index (κ1) is 15.1. The summed E-state index contributed by atoms with van der Waals surface area (Å²) in [4.78, 5) is 18.3. The van der Waals surface area contributed by atoms with Gasteiger partial charge in [0, 0.05) is 13.2 Å². The van der Waals surface area contributed by atoms with E-state index in [1.54, 1.807) is 21.0 Å². The van der Waals surface area contributed by atoms with E-state index in [0.717, 1.165) is 0 Å². The molecule has 19 heavy (non-hydrogen) atoms. The van der Waals surface area contributed by atoms with Crippen LogP contribution in [0.4, 0.5) is 11.5 Å².